The second-order valence-electron chi connectivity index (χ2n) is 7.86. The number of aromatic amines is 1. The maximum Gasteiger partial charge on any atom is 0.348 e. The van der Waals surface area contributed by atoms with Gasteiger partial charge in [0.1, 0.15) is 10.8 Å². The minimum atomic E-state index is -0.220. The Bertz CT molecular complexity index is 1290. The summed E-state index contributed by atoms with van der Waals surface area (Å²) in [7, 11) is 0. The molecule has 5 heterocycles. The number of amides is 1. The highest BCUT2D eigenvalue weighted by molar-refractivity contribution is 7.12. The Morgan fingerprint density at radius 1 is 1.26 bits per heavy atom. The molecule has 0 aliphatic carbocycles. The van der Waals surface area contributed by atoms with Crippen LogP contribution in [-0.2, 0) is 6.42 Å². The molecule has 31 heavy (non-hydrogen) atoms. The molecular weight excluding hydrogens is 416 g/mol. The Labute approximate surface area is 181 Å². The van der Waals surface area contributed by atoms with Crippen molar-refractivity contribution >= 4 is 23.0 Å². The van der Waals surface area contributed by atoms with Gasteiger partial charge in [-0.3, -0.25) is 4.79 Å². The van der Waals surface area contributed by atoms with Gasteiger partial charge in [-0.15, -0.1) is 16.4 Å². The summed E-state index contributed by atoms with van der Waals surface area (Å²) in [6.07, 6.45) is 2.36. The van der Waals surface area contributed by atoms with Crippen LogP contribution < -0.4 is 5.69 Å². The summed E-state index contributed by atoms with van der Waals surface area (Å²) in [6, 6.07) is 5.73. The van der Waals surface area contributed by atoms with Gasteiger partial charge in [-0.05, 0) is 56.2 Å². The number of likely N-dealkylation sites (tertiary alicyclic amines) is 1. The highest BCUT2D eigenvalue weighted by Gasteiger charge is 2.28. The summed E-state index contributed by atoms with van der Waals surface area (Å²) >= 11 is 1.51. The fourth-order valence-electron chi connectivity index (χ4n) is 4.09. The van der Waals surface area contributed by atoms with E-state index in [0.29, 0.717) is 31.2 Å². The lowest BCUT2D eigenvalue weighted by atomic mass is 9.93. The smallest absolute Gasteiger partial charge is 0.336 e. The standard InChI is InChI=1S/C20H22N8O2S/c1-12-10-13(2)28-19(21-12)22-17(25-28)18(29)26-7-5-14(6-8-26)11-15-23-24-20(30)27(15)16-4-3-9-31-16/h3-4,9-10,14H,5-8,11H2,1-2H3,(H,24,30). The largest absolute Gasteiger partial charge is 0.348 e. The molecule has 10 nitrogen and oxygen atoms in total. The van der Waals surface area contributed by atoms with Crippen LogP contribution in [-0.4, -0.2) is 58.2 Å². The van der Waals surface area contributed by atoms with E-state index in [1.165, 1.54) is 11.3 Å². The monoisotopic (exact) mass is 438 g/mol. The molecule has 160 valence electrons. The second-order valence-corrected chi connectivity index (χ2v) is 8.78. The number of fused-ring (bicyclic) bond motifs is 1. The lowest BCUT2D eigenvalue weighted by molar-refractivity contribution is 0.0677. The SMILES string of the molecule is Cc1cc(C)n2nc(C(=O)N3CCC(Cc4n[nH]c(=O)n4-c4cccs4)CC3)nc2n1. The number of rotatable bonds is 4. The molecule has 1 aliphatic rings. The van der Waals surface area contributed by atoms with Crippen molar-refractivity contribution in [2.45, 2.75) is 33.1 Å². The highest BCUT2D eigenvalue weighted by Crippen LogP contribution is 2.23. The van der Waals surface area contributed by atoms with E-state index in [1.807, 2.05) is 37.4 Å². The Hall–Kier alpha value is -3.34. The number of aromatic nitrogens is 7. The summed E-state index contributed by atoms with van der Waals surface area (Å²) in [5.74, 6) is 1.53. The number of carbonyl (C=O) groups is 1. The summed E-state index contributed by atoms with van der Waals surface area (Å²) < 4.78 is 3.24. The van der Waals surface area contributed by atoms with Crippen LogP contribution in [0.15, 0.2) is 28.4 Å². The van der Waals surface area contributed by atoms with Crippen molar-refractivity contribution in [3.63, 3.8) is 0 Å². The van der Waals surface area contributed by atoms with Crippen molar-refractivity contribution in [3.05, 3.63) is 57.1 Å². The molecule has 1 fully saturated rings. The quantitative estimate of drug-likeness (QED) is 0.519. The fourth-order valence-corrected chi connectivity index (χ4v) is 4.83. The van der Waals surface area contributed by atoms with Gasteiger partial charge in [-0.2, -0.15) is 10.1 Å². The van der Waals surface area contributed by atoms with Gasteiger partial charge in [0.25, 0.3) is 11.7 Å². The summed E-state index contributed by atoms with van der Waals surface area (Å²) in [5.41, 5.74) is 1.52. The van der Waals surface area contributed by atoms with Gasteiger partial charge in [0.05, 0.1) is 0 Å². The average Bonchev–Trinajstić information content (AvgIpc) is 3.48. The molecule has 4 aromatic rings. The Morgan fingerprint density at radius 2 is 2.06 bits per heavy atom. The zero-order valence-electron chi connectivity index (χ0n) is 17.3. The van der Waals surface area contributed by atoms with Crippen LogP contribution in [0.1, 0.15) is 40.7 Å². The third-order valence-corrected chi connectivity index (χ3v) is 6.50. The summed E-state index contributed by atoms with van der Waals surface area (Å²) in [6.45, 7) is 5.06. The molecule has 1 saturated heterocycles. The van der Waals surface area contributed by atoms with Crippen molar-refractivity contribution in [3.8, 4) is 5.00 Å². The summed E-state index contributed by atoms with van der Waals surface area (Å²) in [5, 5.41) is 13.9. The lowest BCUT2D eigenvalue weighted by Crippen LogP contribution is -2.39. The molecule has 1 amide bonds. The first-order chi connectivity index (χ1) is 15.0. The van der Waals surface area contributed by atoms with Gasteiger partial charge in [-0.1, -0.05) is 0 Å². The van der Waals surface area contributed by atoms with Crippen molar-refractivity contribution in [2.24, 2.45) is 5.92 Å². The number of hydrogen-bond donors (Lipinski definition) is 1. The molecule has 0 saturated carbocycles. The minimum absolute atomic E-state index is 0.170. The van der Waals surface area contributed by atoms with Crippen LogP contribution in [0.3, 0.4) is 0 Å². The predicted octanol–water partition coefficient (Wildman–Crippen LogP) is 1.77. The van der Waals surface area contributed by atoms with Crippen LogP contribution in [0.4, 0.5) is 0 Å². The van der Waals surface area contributed by atoms with E-state index in [1.54, 1.807) is 14.0 Å². The number of aryl methyl sites for hydroxylation is 2. The van der Waals surface area contributed by atoms with E-state index in [9.17, 15) is 9.59 Å². The first-order valence-electron chi connectivity index (χ1n) is 10.2. The zero-order chi connectivity index (χ0) is 21.5. The van der Waals surface area contributed by atoms with Crippen molar-refractivity contribution in [1.82, 2.24) is 39.2 Å². The number of thiophene rings is 1. The molecular formula is C20H22N8O2S. The first kappa shape index (κ1) is 19.6. The maximum absolute atomic E-state index is 12.9. The molecule has 1 aliphatic heterocycles. The first-order valence-corrected chi connectivity index (χ1v) is 11.1. The Kier molecular flexibility index (Phi) is 4.89. The van der Waals surface area contributed by atoms with E-state index in [-0.39, 0.29) is 17.4 Å². The average molecular weight is 439 g/mol. The highest BCUT2D eigenvalue weighted by atomic mass is 32.1. The minimum Gasteiger partial charge on any atom is -0.336 e. The second kappa shape index (κ2) is 7.73. The van der Waals surface area contributed by atoms with Gasteiger partial charge in [-0.25, -0.2) is 24.0 Å². The van der Waals surface area contributed by atoms with Gasteiger partial charge in [0.2, 0.25) is 5.82 Å². The summed E-state index contributed by atoms with van der Waals surface area (Å²) in [4.78, 5) is 35.6. The molecule has 0 unspecified atom stereocenters. The molecule has 0 atom stereocenters. The fraction of sp³-hybridized carbons (Fsp3) is 0.400. The van der Waals surface area contributed by atoms with E-state index < -0.39 is 0 Å². The van der Waals surface area contributed by atoms with Crippen LogP contribution >= 0.6 is 11.3 Å². The topological polar surface area (TPSA) is 114 Å². The van der Waals surface area contributed by atoms with Crippen molar-refractivity contribution < 1.29 is 4.79 Å². The van der Waals surface area contributed by atoms with E-state index in [2.05, 4.69) is 25.3 Å². The third-order valence-electron chi connectivity index (χ3n) is 5.65. The lowest BCUT2D eigenvalue weighted by Gasteiger charge is -2.31. The van der Waals surface area contributed by atoms with Crippen molar-refractivity contribution in [2.75, 3.05) is 13.1 Å². The number of nitrogens with one attached hydrogen (secondary N) is 1. The number of H-pyrrole nitrogens is 1. The Morgan fingerprint density at radius 3 is 2.81 bits per heavy atom. The molecule has 11 heteroatoms. The molecule has 4 aromatic heterocycles. The predicted molar refractivity (Wildman–Crippen MR) is 115 cm³/mol. The zero-order valence-corrected chi connectivity index (χ0v) is 18.1. The number of carbonyl (C=O) groups excluding carboxylic acids is 1. The molecule has 1 N–H and O–H groups in total. The number of nitrogens with zero attached hydrogens (tertiary/aromatic N) is 7. The van der Waals surface area contributed by atoms with E-state index in [4.69, 9.17) is 0 Å². The van der Waals surface area contributed by atoms with E-state index >= 15 is 0 Å². The van der Waals surface area contributed by atoms with Crippen LogP contribution in [0.2, 0.25) is 0 Å². The molecule has 0 bridgehead atoms. The molecule has 5 rings (SSSR count). The maximum atomic E-state index is 12.9. The normalized spacial score (nSPS) is 15.1. The molecule has 0 spiro atoms. The Balaban J connectivity index is 1.27. The van der Waals surface area contributed by atoms with Crippen LogP contribution in [0.25, 0.3) is 10.8 Å². The number of piperidine rings is 1. The molecule has 0 aromatic carbocycles. The van der Waals surface area contributed by atoms with Gasteiger partial charge in [0.15, 0.2) is 0 Å². The van der Waals surface area contributed by atoms with Gasteiger partial charge >= 0.3 is 5.69 Å². The van der Waals surface area contributed by atoms with Crippen molar-refractivity contribution in [1.29, 1.82) is 0 Å². The number of hydrogen-bond acceptors (Lipinski definition) is 7. The van der Waals surface area contributed by atoms with E-state index in [0.717, 1.165) is 35.1 Å². The van der Waals surface area contributed by atoms with Crippen LogP contribution in [0, 0.1) is 19.8 Å². The third kappa shape index (κ3) is 3.65. The van der Waals surface area contributed by atoms with Gasteiger partial charge in [0, 0.05) is 30.9 Å². The molecule has 0 radical (unpaired) electrons. The van der Waals surface area contributed by atoms with Crippen LogP contribution in [0.5, 0.6) is 0 Å². The van der Waals surface area contributed by atoms with Gasteiger partial charge < -0.3 is 4.90 Å².